The molecule has 0 aromatic heterocycles. The van der Waals surface area contributed by atoms with E-state index in [-0.39, 0.29) is 30.8 Å². The fraction of sp³-hybridized carbons (Fsp3) is 0.833. The Balaban J connectivity index is 1.60. The van der Waals surface area contributed by atoms with Crippen molar-refractivity contribution in [2.75, 3.05) is 40.0 Å². The fourth-order valence-corrected chi connectivity index (χ4v) is 4.69. The molecule has 0 spiro atoms. The molecule has 15 heteroatoms. The van der Waals surface area contributed by atoms with E-state index in [9.17, 15) is 39.6 Å². The number of likely N-dealkylation sites (tertiary alicyclic amines) is 1. The number of nitrogens with one attached hydrogen (secondary N) is 4. The molecule has 0 aromatic rings. The average Bonchev–Trinajstić information content (AvgIpc) is 3.25. The van der Waals surface area contributed by atoms with Crippen molar-refractivity contribution >= 4 is 23.8 Å². The Kier molecular flexibility index (Phi) is 13.8. The highest BCUT2D eigenvalue weighted by Crippen LogP contribution is 2.21. The van der Waals surface area contributed by atoms with E-state index in [1.807, 2.05) is 0 Å². The molecule has 2 rings (SSSR count). The number of ether oxygens (including phenoxy) is 2. The van der Waals surface area contributed by atoms with E-state index in [0.29, 0.717) is 45.4 Å². The predicted octanol–water partition coefficient (Wildman–Crippen LogP) is -3.10. The third-order valence-electron chi connectivity index (χ3n) is 6.67. The van der Waals surface area contributed by atoms with Gasteiger partial charge in [0.25, 0.3) is 0 Å². The van der Waals surface area contributed by atoms with E-state index < -0.39 is 55.2 Å². The lowest BCUT2D eigenvalue weighted by Crippen LogP contribution is -2.68. The second-order valence-corrected chi connectivity index (χ2v) is 9.84. The second kappa shape index (κ2) is 16.5. The number of nitrogens with zero attached hydrogens (tertiary/aromatic N) is 1. The first kappa shape index (κ1) is 32.7. The number of carbonyl (C=O) groups excluding carboxylic acids is 4. The summed E-state index contributed by atoms with van der Waals surface area (Å²) in [5.41, 5.74) is 0. The zero-order chi connectivity index (χ0) is 28.9. The molecule has 0 aromatic carbocycles. The number of amides is 5. The highest BCUT2D eigenvalue weighted by atomic mass is 16.5. The molecule has 0 saturated carbocycles. The van der Waals surface area contributed by atoms with Crippen molar-refractivity contribution in [2.45, 2.75) is 88.2 Å². The van der Waals surface area contributed by atoms with Gasteiger partial charge in [0.15, 0.2) is 6.23 Å². The Hall–Kier alpha value is -2.56. The Morgan fingerprint density at radius 1 is 0.974 bits per heavy atom. The van der Waals surface area contributed by atoms with Crippen LogP contribution >= 0.6 is 0 Å². The van der Waals surface area contributed by atoms with Crippen LogP contribution in [0.25, 0.3) is 0 Å². The number of β-amino-alcohol motifs (C(OH)–C–C–N with tert-alkyl or cyclic N) is 1. The largest absolute Gasteiger partial charge is 0.394 e. The van der Waals surface area contributed by atoms with Crippen LogP contribution in [0.4, 0.5) is 4.79 Å². The number of carbonyl (C=O) groups is 4. The molecule has 2 aliphatic rings. The number of hydrogen-bond donors (Lipinski definition) is 8. The van der Waals surface area contributed by atoms with Crippen LogP contribution in [0.15, 0.2) is 0 Å². The van der Waals surface area contributed by atoms with Gasteiger partial charge in [-0.05, 0) is 19.3 Å². The Morgan fingerprint density at radius 3 is 2.38 bits per heavy atom. The zero-order valence-electron chi connectivity index (χ0n) is 22.5. The summed E-state index contributed by atoms with van der Waals surface area (Å²) in [5, 5.41) is 49.5. The van der Waals surface area contributed by atoms with Crippen molar-refractivity contribution in [2.24, 2.45) is 0 Å². The molecule has 0 radical (unpaired) electrons. The summed E-state index contributed by atoms with van der Waals surface area (Å²) in [6, 6.07) is -1.98. The Bertz CT molecular complexity index is 818. The van der Waals surface area contributed by atoms with Gasteiger partial charge in [-0.1, -0.05) is 6.42 Å². The molecular weight excluding hydrogens is 518 g/mol. The number of urea groups is 1. The lowest BCUT2D eigenvalue weighted by molar-refractivity contribution is -0.199. The minimum Gasteiger partial charge on any atom is -0.394 e. The van der Waals surface area contributed by atoms with Crippen molar-refractivity contribution in [1.29, 1.82) is 0 Å². The second-order valence-electron chi connectivity index (χ2n) is 9.84. The maximum atomic E-state index is 12.4. The third kappa shape index (κ3) is 10.5. The number of aliphatic hydroxyl groups excluding tert-OH is 4. The Labute approximate surface area is 227 Å². The molecule has 15 nitrogen and oxygen atoms in total. The first-order valence-electron chi connectivity index (χ1n) is 13.2. The maximum Gasteiger partial charge on any atom is 0.316 e. The molecule has 39 heavy (non-hydrogen) atoms. The molecule has 5 amide bonds. The van der Waals surface area contributed by atoms with Crippen molar-refractivity contribution < 1.29 is 49.1 Å². The van der Waals surface area contributed by atoms with E-state index >= 15 is 0 Å². The minimum absolute atomic E-state index is 0.00261. The molecule has 0 bridgehead atoms. The molecule has 0 aliphatic carbocycles. The molecule has 5 unspecified atom stereocenters. The highest BCUT2D eigenvalue weighted by molar-refractivity contribution is 5.78. The molecule has 2 saturated heterocycles. The summed E-state index contributed by atoms with van der Waals surface area (Å²) in [7, 11) is 1.57. The summed E-state index contributed by atoms with van der Waals surface area (Å²) in [5.74, 6) is -0.805. The minimum atomic E-state index is -1.49. The first-order valence-corrected chi connectivity index (χ1v) is 13.2. The number of rotatable bonds is 14. The number of methoxy groups -OCH3 is 1. The molecule has 8 N–H and O–H groups in total. The summed E-state index contributed by atoms with van der Waals surface area (Å²) < 4.78 is 10.5. The van der Waals surface area contributed by atoms with E-state index in [1.54, 1.807) is 12.0 Å². The van der Waals surface area contributed by atoms with Crippen molar-refractivity contribution in [3.05, 3.63) is 0 Å². The normalized spacial score (nSPS) is 28.6. The standard InChI is InChI=1S/C24H43N5O10/c1-14(31)27-20-22(36)21(35)17(12-30)39-23(20)28-24(37)26-9-7-18(33)25-8-5-3-4-6-19(34)29-11-16(32)10-15(29)13-38-2/h15-17,20-23,30,32,35-36H,3-13H2,1-2H3,(H,25,33)(H,27,31)(H2,26,28,37)/t15-,16+,17?,20?,21?,22?,23?/m0/s1. The number of aliphatic hydroxyl groups is 4. The topological polar surface area (TPSA) is 219 Å². The maximum absolute atomic E-state index is 12.4. The van der Waals surface area contributed by atoms with Gasteiger partial charge >= 0.3 is 6.03 Å². The Morgan fingerprint density at radius 2 is 1.72 bits per heavy atom. The number of hydrogen-bond acceptors (Lipinski definition) is 10. The van der Waals surface area contributed by atoms with Gasteiger partial charge in [0, 0.05) is 46.5 Å². The van der Waals surface area contributed by atoms with Gasteiger partial charge in [0.2, 0.25) is 17.7 Å². The van der Waals surface area contributed by atoms with Gasteiger partial charge in [-0.3, -0.25) is 14.4 Å². The van der Waals surface area contributed by atoms with Gasteiger partial charge in [-0.25, -0.2) is 4.79 Å². The number of unbranched alkanes of at least 4 members (excludes halogenated alkanes) is 2. The molecule has 224 valence electrons. The molecular formula is C24H43N5O10. The average molecular weight is 562 g/mol. The fourth-order valence-electron chi connectivity index (χ4n) is 4.69. The van der Waals surface area contributed by atoms with Crippen LogP contribution in [-0.2, 0) is 23.9 Å². The SMILES string of the molecule is COC[C@@H]1C[C@@H](O)CN1C(=O)CCCCCNC(=O)CCNC(=O)NC1OC(CO)C(O)C(O)C1NC(C)=O. The van der Waals surface area contributed by atoms with Crippen molar-refractivity contribution in [1.82, 2.24) is 26.2 Å². The summed E-state index contributed by atoms with van der Waals surface area (Å²) >= 11 is 0. The highest BCUT2D eigenvalue weighted by Gasteiger charge is 2.45. The van der Waals surface area contributed by atoms with E-state index in [2.05, 4.69) is 21.3 Å². The summed E-state index contributed by atoms with van der Waals surface area (Å²) in [6.45, 7) is 1.74. The molecule has 7 atom stereocenters. The van der Waals surface area contributed by atoms with Crippen LogP contribution in [0, 0.1) is 0 Å². The lowest BCUT2D eigenvalue weighted by Gasteiger charge is -2.42. The molecule has 2 heterocycles. The first-order chi connectivity index (χ1) is 18.6. The van der Waals surface area contributed by atoms with Crippen LogP contribution in [0.2, 0.25) is 0 Å². The smallest absolute Gasteiger partial charge is 0.316 e. The van der Waals surface area contributed by atoms with Crippen LogP contribution in [0.3, 0.4) is 0 Å². The third-order valence-corrected chi connectivity index (χ3v) is 6.67. The van der Waals surface area contributed by atoms with Gasteiger partial charge in [0.05, 0.1) is 25.4 Å². The van der Waals surface area contributed by atoms with Crippen LogP contribution in [0.5, 0.6) is 0 Å². The molecule has 2 aliphatic heterocycles. The van der Waals surface area contributed by atoms with E-state index in [4.69, 9.17) is 9.47 Å². The van der Waals surface area contributed by atoms with Gasteiger partial charge in [-0.2, -0.15) is 0 Å². The van der Waals surface area contributed by atoms with Crippen LogP contribution in [-0.4, -0.2) is 132 Å². The summed E-state index contributed by atoms with van der Waals surface area (Å²) in [4.78, 5) is 49.9. The van der Waals surface area contributed by atoms with E-state index in [0.717, 1.165) is 6.42 Å². The van der Waals surface area contributed by atoms with Crippen molar-refractivity contribution in [3.63, 3.8) is 0 Å². The molecule has 2 fully saturated rings. The predicted molar refractivity (Wildman–Crippen MR) is 136 cm³/mol. The van der Waals surface area contributed by atoms with Crippen molar-refractivity contribution in [3.8, 4) is 0 Å². The van der Waals surface area contributed by atoms with E-state index in [1.165, 1.54) is 6.92 Å². The monoisotopic (exact) mass is 561 g/mol. The quantitative estimate of drug-likeness (QED) is 0.0999. The lowest BCUT2D eigenvalue weighted by atomic mass is 9.96. The van der Waals surface area contributed by atoms with Crippen LogP contribution < -0.4 is 21.3 Å². The van der Waals surface area contributed by atoms with Gasteiger partial charge in [-0.15, -0.1) is 0 Å². The summed E-state index contributed by atoms with van der Waals surface area (Å²) in [6.07, 6.45) is -2.91. The van der Waals surface area contributed by atoms with Crippen LogP contribution in [0.1, 0.15) is 45.4 Å². The van der Waals surface area contributed by atoms with Gasteiger partial charge < -0.3 is 56.1 Å². The van der Waals surface area contributed by atoms with Gasteiger partial charge in [0.1, 0.15) is 24.4 Å². The zero-order valence-corrected chi connectivity index (χ0v) is 22.5.